The van der Waals surface area contributed by atoms with Crippen LogP contribution in [0.2, 0.25) is 0 Å². The lowest BCUT2D eigenvalue weighted by Crippen LogP contribution is -3.14. The number of sulfonamides is 1. The van der Waals surface area contributed by atoms with Crippen molar-refractivity contribution in [2.45, 2.75) is 17.7 Å². The normalized spacial score (nSPS) is 22.0. The predicted octanol–water partition coefficient (Wildman–Crippen LogP) is -1.06. The first-order valence-corrected chi connectivity index (χ1v) is 9.31. The lowest BCUT2D eigenvalue weighted by molar-refractivity contribution is -0.906. The summed E-state index contributed by atoms with van der Waals surface area (Å²) in [6.07, 6.45) is 0. The molecule has 1 saturated heterocycles. The quantitative estimate of drug-likeness (QED) is 0.637. The fourth-order valence-corrected chi connectivity index (χ4v) is 3.98. The summed E-state index contributed by atoms with van der Waals surface area (Å²) in [4.78, 5) is 13.2. The number of hydrogen-bond donors (Lipinski definition) is 3. The van der Waals surface area contributed by atoms with E-state index in [4.69, 9.17) is 4.74 Å². The van der Waals surface area contributed by atoms with E-state index < -0.39 is 10.0 Å². The topological polar surface area (TPSA) is 88.9 Å². The molecular weight excluding hydrogens is 318 g/mol. The van der Waals surface area contributed by atoms with Gasteiger partial charge in [-0.3, -0.25) is 4.79 Å². The molecule has 3 N–H and O–H groups in total. The van der Waals surface area contributed by atoms with Gasteiger partial charge in [-0.15, -0.1) is 0 Å². The summed E-state index contributed by atoms with van der Waals surface area (Å²) >= 11 is 0. The molecule has 1 atom stereocenters. The molecule has 3 rings (SSSR count). The molecule has 1 aromatic rings. The summed E-state index contributed by atoms with van der Waals surface area (Å²) < 4.78 is 32.8. The van der Waals surface area contributed by atoms with E-state index in [-0.39, 0.29) is 16.7 Å². The van der Waals surface area contributed by atoms with Crippen LogP contribution in [0.1, 0.15) is 18.4 Å². The number of ether oxygens (including phenoxy) is 1. The van der Waals surface area contributed by atoms with Gasteiger partial charge in [0.1, 0.15) is 13.1 Å². The van der Waals surface area contributed by atoms with Crippen molar-refractivity contribution in [1.29, 1.82) is 0 Å². The maximum Gasteiger partial charge on any atom is 0.240 e. The molecule has 23 heavy (non-hydrogen) atoms. The monoisotopic (exact) mass is 340 g/mol. The van der Waals surface area contributed by atoms with Crippen LogP contribution in [0.25, 0.3) is 0 Å². The molecule has 0 radical (unpaired) electrons. The molecule has 1 aromatic carbocycles. The summed E-state index contributed by atoms with van der Waals surface area (Å²) in [6, 6.07) is 4.77. The maximum atomic E-state index is 12.4. The van der Waals surface area contributed by atoms with E-state index in [1.165, 1.54) is 11.0 Å². The third-order valence-electron chi connectivity index (χ3n) is 4.42. The smallest absolute Gasteiger partial charge is 0.240 e. The summed E-state index contributed by atoms with van der Waals surface area (Å²) in [5, 5.41) is 2.74. The third-order valence-corrected chi connectivity index (χ3v) is 5.88. The van der Waals surface area contributed by atoms with E-state index in [2.05, 4.69) is 10.0 Å². The minimum Gasteiger partial charge on any atom is -0.370 e. The lowest BCUT2D eigenvalue weighted by atomic mass is 10.0. The zero-order chi connectivity index (χ0) is 16.4. The summed E-state index contributed by atoms with van der Waals surface area (Å²) in [5.74, 6) is -0.420. The first-order chi connectivity index (χ1) is 11.0. The van der Waals surface area contributed by atoms with Gasteiger partial charge in [0.25, 0.3) is 0 Å². The molecule has 7 nitrogen and oxygen atoms in total. The summed E-state index contributed by atoms with van der Waals surface area (Å²) in [7, 11) is -3.56. The second-order valence-electron chi connectivity index (χ2n) is 5.97. The standard InChI is InChI=1S/C15H21N3O4S/c1-11-13-10-12(2-3-14(13)17-15(11)19)23(20,21)16-4-5-18-6-8-22-9-7-18/h2-3,10-11,16H,4-9H2,1H3,(H,17,19)/p+1/t11-/m1/s1. The summed E-state index contributed by atoms with van der Waals surface area (Å²) in [6.45, 7) is 6.17. The van der Waals surface area contributed by atoms with Crippen LogP contribution >= 0.6 is 0 Å². The highest BCUT2D eigenvalue weighted by Crippen LogP contribution is 2.33. The maximum absolute atomic E-state index is 12.4. The summed E-state index contributed by atoms with van der Waals surface area (Å²) in [5.41, 5.74) is 1.43. The average Bonchev–Trinajstić information content (AvgIpc) is 2.83. The molecule has 0 saturated carbocycles. The number of carbonyl (C=O) groups excluding carboxylic acids is 1. The Kier molecular flexibility index (Phi) is 4.67. The van der Waals surface area contributed by atoms with E-state index in [1.807, 2.05) is 0 Å². The molecule has 0 unspecified atom stereocenters. The molecule has 0 spiro atoms. The average molecular weight is 340 g/mol. The zero-order valence-electron chi connectivity index (χ0n) is 13.1. The van der Waals surface area contributed by atoms with Gasteiger partial charge in [-0.25, -0.2) is 13.1 Å². The van der Waals surface area contributed by atoms with E-state index in [9.17, 15) is 13.2 Å². The number of benzene rings is 1. The molecule has 2 aliphatic rings. The van der Waals surface area contributed by atoms with Gasteiger partial charge in [-0.2, -0.15) is 0 Å². The van der Waals surface area contributed by atoms with Crippen LogP contribution in [0, 0.1) is 0 Å². The zero-order valence-corrected chi connectivity index (χ0v) is 13.9. The molecule has 1 fully saturated rings. The van der Waals surface area contributed by atoms with Gasteiger partial charge >= 0.3 is 0 Å². The van der Waals surface area contributed by atoms with Crippen LogP contribution < -0.4 is 14.9 Å². The van der Waals surface area contributed by atoms with Crippen LogP contribution in [0.5, 0.6) is 0 Å². The molecule has 1 amide bonds. The van der Waals surface area contributed by atoms with Crippen molar-refractivity contribution in [1.82, 2.24) is 4.72 Å². The molecule has 0 bridgehead atoms. The van der Waals surface area contributed by atoms with Crippen molar-refractivity contribution in [3.05, 3.63) is 23.8 Å². The van der Waals surface area contributed by atoms with Gasteiger partial charge in [-0.05, 0) is 30.7 Å². The van der Waals surface area contributed by atoms with Crippen LogP contribution in [0.3, 0.4) is 0 Å². The Hall–Kier alpha value is -1.48. The molecule has 0 aromatic heterocycles. The number of carbonyl (C=O) groups is 1. The molecule has 2 aliphatic heterocycles. The highest BCUT2D eigenvalue weighted by Gasteiger charge is 2.28. The van der Waals surface area contributed by atoms with Gasteiger partial charge in [-0.1, -0.05) is 0 Å². The van der Waals surface area contributed by atoms with Crippen molar-refractivity contribution in [2.24, 2.45) is 0 Å². The molecule has 126 valence electrons. The van der Waals surface area contributed by atoms with Crippen LogP contribution in [0.4, 0.5) is 5.69 Å². The van der Waals surface area contributed by atoms with E-state index in [1.54, 1.807) is 19.1 Å². The second kappa shape index (κ2) is 6.56. The molecule has 0 aliphatic carbocycles. The number of fused-ring (bicyclic) bond motifs is 1. The molecule has 8 heteroatoms. The number of nitrogens with one attached hydrogen (secondary N) is 3. The Morgan fingerprint density at radius 1 is 1.35 bits per heavy atom. The Labute approximate surface area is 136 Å². The number of hydrogen-bond acceptors (Lipinski definition) is 4. The lowest BCUT2D eigenvalue weighted by Gasteiger charge is -2.23. The van der Waals surface area contributed by atoms with Gasteiger partial charge in [0.15, 0.2) is 0 Å². The highest BCUT2D eigenvalue weighted by molar-refractivity contribution is 7.89. The third kappa shape index (κ3) is 3.55. The van der Waals surface area contributed by atoms with Crippen LogP contribution in [-0.4, -0.2) is 53.7 Å². The molecular formula is C15H22N3O4S+. The first kappa shape index (κ1) is 16.4. The second-order valence-corrected chi connectivity index (χ2v) is 7.74. The van der Waals surface area contributed by atoms with E-state index in [0.717, 1.165) is 38.4 Å². The van der Waals surface area contributed by atoms with Crippen molar-refractivity contribution < 1.29 is 22.8 Å². The number of anilines is 1. The predicted molar refractivity (Wildman–Crippen MR) is 85.1 cm³/mol. The van der Waals surface area contributed by atoms with Gasteiger partial charge < -0.3 is 15.0 Å². The first-order valence-electron chi connectivity index (χ1n) is 7.83. The fraction of sp³-hybridized carbons (Fsp3) is 0.533. The van der Waals surface area contributed by atoms with Crippen LogP contribution in [-0.2, 0) is 19.6 Å². The number of morpholine rings is 1. The Morgan fingerprint density at radius 2 is 2.09 bits per heavy atom. The Morgan fingerprint density at radius 3 is 2.83 bits per heavy atom. The SMILES string of the molecule is C[C@H]1C(=O)Nc2ccc(S(=O)(=O)NCC[NH+]3CCOCC3)cc21. The van der Waals surface area contributed by atoms with Gasteiger partial charge in [0, 0.05) is 5.69 Å². The minimum absolute atomic E-state index is 0.0987. The van der Waals surface area contributed by atoms with Crippen molar-refractivity contribution in [3.63, 3.8) is 0 Å². The minimum atomic E-state index is -3.56. The van der Waals surface area contributed by atoms with Gasteiger partial charge in [0.2, 0.25) is 15.9 Å². The Balaban J connectivity index is 1.65. The highest BCUT2D eigenvalue weighted by atomic mass is 32.2. The van der Waals surface area contributed by atoms with Crippen molar-refractivity contribution in [3.8, 4) is 0 Å². The van der Waals surface area contributed by atoms with Gasteiger partial charge in [0.05, 0.1) is 37.1 Å². The number of quaternary nitrogens is 1. The van der Waals surface area contributed by atoms with Crippen molar-refractivity contribution in [2.75, 3.05) is 44.7 Å². The van der Waals surface area contributed by atoms with E-state index in [0.29, 0.717) is 12.2 Å². The van der Waals surface area contributed by atoms with Crippen molar-refractivity contribution >= 4 is 21.6 Å². The molecule has 2 heterocycles. The Bertz CT molecular complexity index is 699. The number of rotatable bonds is 5. The van der Waals surface area contributed by atoms with Crippen LogP contribution in [0.15, 0.2) is 23.1 Å². The number of amides is 1. The largest absolute Gasteiger partial charge is 0.370 e. The van der Waals surface area contributed by atoms with E-state index >= 15 is 0 Å². The fourth-order valence-electron chi connectivity index (χ4n) is 2.92.